The zero-order valence-corrected chi connectivity index (χ0v) is 9.12. The van der Waals surface area contributed by atoms with Crippen LogP contribution in [0.25, 0.3) is 0 Å². The molecular weight excluding hydrogens is 188 g/mol. The maximum atomic E-state index is 11.6. The van der Waals surface area contributed by atoms with Crippen LogP contribution in [-0.2, 0) is 6.42 Å². The predicted molar refractivity (Wildman–Crippen MR) is 61.8 cm³/mol. The fourth-order valence-electron chi connectivity index (χ4n) is 1.30. The molecule has 0 bridgehead atoms. The van der Waals surface area contributed by atoms with Gasteiger partial charge in [0.1, 0.15) is 0 Å². The van der Waals surface area contributed by atoms with Gasteiger partial charge in [-0.25, -0.2) is 0 Å². The summed E-state index contributed by atoms with van der Waals surface area (Å²) in [6.07, 6.45) is 1.81. The third-order valence-corrected chi connectivity index (χ3v) is 2.29. The normalized spacial score (nSPS) is 10.0. The van der Waals surface area contributed by atoms with Gasteiger partial charge in [-0.05, 0) is 37.1 Å². The SMILES string of the molecule is CCc1ccc(C(=O)NCCCN)cc1. The molecule has 0 saturated carbocycles. The quantitative estimate of drug-likeness (QED) is 0.714. The molecule has 0 aromatic heterocycles. The number of aryl methyl sites for hydroxylation is 1. The molecule has 0 atom stereocenters. The van der Waals surface area contributed by atoms with Crippen LogP contribution in [0.4, 0.5) is 0 Å². The Morgan fingerprint density at radius 1 is 1.33 bits per heavy atom. The molecule has 1 rings (SSSR count). The zero-order chi connectivity index (χ0) is 11.1. The van der Waals surface area contributed by atoms with Crippen LogP contribution in [0.15, 0.2) is 24.3 Å². The zero-order valence-electron chi connectivity index (χ0n) is 9.12. The van der Waals surface area contributed by atoms with Crippen LogP contribution < -0.4 is 11.1 Å². The van der Waals surface area contributed by atoms with Gasteiger partial charge in [-0.3, -0.25) is 4.79 Å². The third kappa shape index (κ3) is 3.72. The summed E-state index contributed by atoms with van der Waals surface area (Å²) in [6, 6.07) is 7.68. The Morgan fingerprint density at radius 2 is 2.00 bits per heavy atom. The first kappa shape index (κ1) is 11.7. The first-order valence-corrected chi connectivity index (χ1v) is 5.35. The highest BCUT2D eigenvalue weighted by molar-refractivity contribution is 5.94. The van der Waals surface area contributed by atoms with Gasteiger partial charge >= 0.3 is 0 Å². The van der Waals surface area contributed by atoms with E-state index in [4.69, 9.17) is 5.73 Å². The van der Waals surface area contributed by atoms with E-state index in [1.165, 1.54) is 5.56 Å². The summed E-state index contributed by atoms with van der Waals surface area (Å²) in [5.41, 5.74) is 7.30. The minimum Gasteiger partial charge on any atom is -0.352 e. The summed E-state index contributed by atoms with van der Waals surface area (Å²) in [6.45, 7) is 3.34. The van der Waals surface area contributed by atoms with Crippen LogP contribution >= 0.6 is 0 Å². The number of hydrogen-bond acceptors (Lipinski definition) is 2. The van der Waals surface area contributed by atoms with Crippen molar-refractivity contribution in [1.82, 2.24) is 5.32 Å². The minimum absolute atomic E-state index is 0.0221. The van der Waals surface area contributed by atoms with Gasteiger partial charge in [-0.15, -0.1) is 0 Å². The predicted octanol–water partition coefficient (Wildman–Crippen LogP) is 1.33. The van der Waals surface area contributed by atoms with Gasteiger partial charge < -0.3 is 11.1 Å². The van der Waals surface area contributed by atoms with Crippen LogP contribution in [0.3, 0.4) is 0 Å². The van der Waals surface area contributed by atoms with Crippen molar-refractivity contribution in [2.75, 3.05) is 13.1 Å². The maximum Gasteiger partial charge on any atom is 0.251 e. The summed E-state index contributed by atoms with van der Waals surface area (Å²) in [7, 11) is 0. The summed E-state index contributed by atoms with van der Waals surface area (Å²) in [5.74, 6) is -0.0221. The second-order valence-electron chi connectivity index (χ2n) is 3.45. The molecule has 0 aliphatic carbocycles. The molecular formula is C12H18N2O. The molecule has 0 unspecified atom stereocenters. The Labute approximate surface area is 90.7 Å². The van der Waals surface area contributed by atoms with E-state index in [0.717, 1.165) is 12.8 Å². The van der Waals surface area contributed by atoms with Crippen molar-refractivity contribution in [2.24, 2.45) is 5.73 Å². The highest BCUT2D eigenvalue weighted by Crippen LogP contribution is 2.04. The van der Waals surface area contributed by atoms with Gasteiger partial charge in [0.2, 0.25) is 0 Å². The van der Waals surface area contributed by atoms with E-state index in [9.17, 15) is 4.79 Å². The second-order valence-corrected chi connectivity index (χ2v) is 3.45. The van der Waals surface area contributed by atoms with Crippen molar-refractivity contribution >= 4 is 5.91 Å². The second kappa shape index (κ2) is 6.19. The molecule has 3 nitrogen and oxygen atoms in total. The summed E-state index contributed by atoms with van der Waals surface area (Å²) in [4.78, 5) is 11.6. The van der Waals surface area contributed by atoms with Gasteiger partial charge in [0.25, 0.3) is 5.91 Å². The average Bonchev–Trinajstić information content (AvgIpc) is 2.29. The molecule has 15 heavy (non-hydrogen) atoms. The van der Waals surface area contributed by atoms with Crippen molar-refractivity contribution in [3.8, 4) is 0 Å². The Hall–Kier alpha value is -1.35. The molecule has 0 spiro atoms. The molecule has 0 radical (unpaired) electrons. The van der Waals surface area contributed by atoms with Crippen LogP contribution in [0.5, 0.6) is 0 Å². The molecule has 0 fully saturated rings. The van der Waals surface area contributed by atoms with Gasteiger partial charge in [0, 0.05) is 12.1 Å². The highest BCUT2D eigenvalue weighted by Gasteiger charge is 2.03. The molecule has 1 aromatic rings. The van der Waals surface area contributed by atoms with E-state index >= 15 is 0 Å². The smallest absolute Gasteiger partial charge is 0.251 e. The lowest BCUT2D eigenvalue weighted by atomic mass is 10.1. The average molecular weight is 206 g/mol. The van der Waals surface area contributed by atoms with Gasteiger partial charge in [-0.1, -0.05) is 19.1 Å². The van der Waals surface area contributed by atoms with Crippen LogP contribution in [-0.4, -0.2) is 19.0 Å². The fraction of sp³-hybridized carbons (Fsp3) is 0.417. The topological polar surface area (TPSA) is 55.1 Å². The Bertz CT molecular complexity index is 306. The van der Waals surface area contributed by atoms with E-state index < -0.39 is 0 Å². The van der Waals surface area contributed by atoms with E-state index in [-0.39, 0.29) is 5.91 Å². The Kier molecular flexibility index (Phi) is 4.84. The third-order valence-electron chi connectivity index (χ3n) is 2.29. The maximum absolute atomic E-state index is 11.6. The number of benzene rings is 1. The van der Waals surface area contributed by atoms with Crippen LogP contribution in [0.1, 0.15) is 29.3 Å². The van der Waals surface area contributed by atoms with E-state index in [1.54, 1.807) is 0 Å². The number of carbonyl (C=O) groups is 1. The minimum atomic E-state index is -0.0221. The lowest BCUT2D eigenvalue weighted by Gasteiger charge is -2.04. The molecule has 0 saturated heterocycles. The lowest BCUT2D eigenvalue weighted by Crippen LogP contribution is -2.25. The van der Waals surface area contributed by atoms with Crippen LogP contribution in [0.2, 0.25) is 0 Å². The molecule has 0 aliphatic heterocycles. The number of amides is 1. The number of carbonyl (C=O) groups excluding carboxylic acids is 1. The Morgan fingerprint density at radius 3 is 2.53 bits per heavy atom. The highest BCUT2D eigenvalue weighted by atomic mass is 16.1. The van der Waals surface area contributed by atoms with Crippen molar-refractivity contribution in [3.05, 3.63) is 35.4 Å². The molecule has 3 N–H and O–H groups in total. The first-order valence-electron chi connectivity index (χ1n) is 5.35. The van der Waals surface area contributed by atoms with Crippen LogP contribution in [0, 0.1) is 0 Å². The molecule has 0 aliphatic rings. The summed E-state index contributed by atoms with van der Waals surface area (Å²) < 4.78 is 0. The summed E-state index contributed by atoms with van der Waals surface area (Å²) >= 11 is 0. The van der Waals surface area contributed by atoms with E-state index in [2.05, 4.69) is 12.2 Å². The number of nitrogens with one attached hydrogen (secondary N) is 1. The number of rotatable bonds is 5. The monoisotopic (exact) mass is 206 g/mol. The van der Waals surface area contributed by atoms with Gasteiger partial charge in [0.05, 0.1) is 0 Å². The molecule has 82 valence electrons. The van der Waals surface area contributed by atoms with Crippen molar-refractivity contribution in [3.63, 3.8) is 0 Å². The fourth-order valence-corrected chi connectivity index (χ4v) is 1.30. The van der Waals surface area contributed by atoms with Crippen molar-refractivity contribution < 1.29 is 4.79 Å². The molecule has 1 aromatic carbocycles. The van der Waals surface area contributed by atoms with Crippen molar-refractivity contribution in [1.29, 1.82) is 0 Å². The van der Waals surface area contributed by atoms with E-state index in [0.29, 0.717) is 18.7 Å². The largest absolute Gasteiger partial charge is 0.352 e. The van der Waals surface area contributed by atoms with E-state index in [1.807, 2.05) is 24.3 Å². The van der Waals surface area contributed by atoms with Gasteiger partial charge in [0.15, 0.2) is 0 Å². The van der Waals surface area contributed by atoms with Crippen molar-refractivity contribution in [2.45, 2.75) is 19.8 Å². The number of hydrogen-bond donors (Lipinski definition) is 2. The molecule has 0 heterocycles. The lowest BCUT2D eigenvalue weighted by molar-refractivity contribution is 0.0953. The number of nitrogens with two attached hydrogens (primary N) is 1. The molecule has 3 heteroatoms. The Balaban J connectivity index is 2.50. The van der Waals surface area contributed by atoms with Gasteiger partial charge in [-0.2, -0.15) is 0 Å². The summed E-state index contributed by atoms with van der Waals surface area (Å²) in [5, 5.41) is 2.82. The standard InChI is InChI=1S/C12H18N2O/c1-2-10-4-6-11(7-5-10)12(15)14-9-3-8-13/h4-7H,2-3,8-9,13H2,1H3,(H,14,15). The first-order chi connectivity index (χ1) is 7.27. The molecule has 1 amide bonds.